The maximum absolute atomic E-state index is 12.6. The molecular formula is C17H17N3O5S. The maximum Gasteiger partial charge on any atom is 0.512 e. The van der Waals surface area contributed by atoms with Gasteiger partial charge in [0.15, 0.2) is 0 Å². The van der Waals surface area contributed by atoms with E-state index >= 15 is 0 Å². The Hall–Kier alpha value is -2.55. The molecule has 0 aromatic carbocycles. The van der Waals surface area contributed by atoms with E-state index in [0.717, 1.165) is 10.5 Å². The number of piperidine rings is 1. The molecule has 3 atom stereocenters. The molecule has 4 rings (SSSR count). The van der Waals surface area contributed by atoms with Crippen LogP contribution in [0.2, 0.25) is 0 Å². The molecule has 1 aromatic heterocycles. The molecule has 4 heterocycles. The minimum atomic E-state index is -1.44. The third kappa shape index (κ3) is 2.54. The first kappa shape index (κ1) is 16.9. The molecule has 1 aromatic rings. The van der Waals surface area contributed by atoms with Crippen molar-refractivity contribution in [2.24, 2.45) is 5.92 Å². The number of likely N-dealkylation sites (tertiary alicyclic amines) is 1. The topological polar surface area (TPSA) is 100 Å². The monoisotopic (exact) mass is 375 g/mol. The first-order chi connectivity index (χ1) is 12.5. The predicted octanol–water partition coefficient (Wildman–Crippen LogP) is 1.54. The van der Waals surface area contributed by atoms with Crippen LogP contribution < -0.4 is 0 Å². The van der Waals surface area contributed by atoms with Crippen LogP contribution in [0, 0.1) is 5.92 Å². The summed E-state index contributed by atoms with van der Waals surface area (Å²) in [6, 6.07) is 3.02. The van der Waals surface area contributed by atoms with Crippen LogP contribution in [0.4, 0.5) is 4.79 Å². The van der Waals surface area contributed by atoms with Crippen molar-refractivity contribution < 1.29 is 24.2 Å². The molecule has 26 heavy (non-hydrogen) atoms. The van der Waals surface area contributed by atoms with Crippen LogP contribution in [0.25, 0.3) is 0 Å². The van der Waals surface area contributed by atoms with Crippen LogP contribution in [-0.2, 0) is 14.3 Å². The molecular weight excluding hydrogens is 358 g/mol. The second-order valence-electron chi connectivity index (χ2n) is 6.42. The second-order valence-corrected chi connectivity index (χ2v) is 7.47. The number of nitrogens with zero attached hydrogens (tertiary/aromatic N) is 3. The Balaban J connectivity index is 1.62. The molecule has 2 fully saturated rings. The van der Waals surface area contributed by atoms with E-state index in [0.29, 0.717) is 18.7 Å². The summed E-state index contributed by atoms with van der Waals surface area (Å²) in [6.45, 7) is 1.94. The lowest BCUT2D eigenvalue weighted by atomic mass is 9.78. The second kappa shape index (κ2) is 6.31. The van der Waals surface area contributed by atoms with Crippen molar-refractivity contribution in [1.82, 2.24) is 14.8 Å². The van der Waals surface area contributed by atoms with E-state index < -0.39 is 12.2 Å². The molecule has 3 aliphatic heterocycles. The number of hydrogen-bond acceptors (Lipinski definition) is 6. The molecule has 8 nitrogen and oxygen atoms in total. The van der Waals surface area contributed by atoms with E-state index in [2.05, 4.69) is 4.98 Å². The number of pyridine rings is 1. The highest BCUT2D eigenvalue weighted by atomic mass is 32.2. The average molecular weight is 375 g/mol. The van der Waals surface area contributed by atoms with E-state index in [4.69, 9.17) is 9.84 Å². The third-order valence-corrected chi connectivity index (χ3v) is 6.18. The zero-order valence-corrected chi connectivity index (χ0v) is 14.8. The normalized spacial score (nSPS) is 26.5. The van der Waals surface area contributed by atoms with E-state index in [1.54, 1.807) is 29.1 Å². The van der Waals surface area contributed by atoms with Crippen LogP contribution in [-0.4, -0.2) is 62.2 Å². The van der Waals surface area contributed by atoms with Gasteiger partial charge in [-0.3, -0.25) is 19.5 Å². The molecule has 9 heteroatoms. The van der Waals surface area contributed by atoms with Crippen molar-refractivity contribution >= 4 is 29.7 Å². The standard InChI is InChI=1S/C17H17N3O5S/c1-9(21)19-7-4-11-12(8-26-10-2-5-18-6-3-10)16(25-17(23)24)20-13(11)14(19)15(20)22/h2-3,5-6,11,13-14H,4,7-8H2,1H3,(H,23,24)/t11?,13-,14+/m1/s1. The van der Waals surface area contributed by atoms with Crippen LogP contribution in [0.15, 0.2) is 40.9 Å². The quantitative estimate of drug-likeness (QED) is 0.484. The summed E-state index contributed by atoms with van der Waals surface area (Å²) in [4.78, 5) is 43.5. The molecule has 0 aliphatic carbocycles. The Morgan fingerprint density at radius 1 is 1.38 bits per heavy atom. The van der Waals surface area contributed by atoms with E-state index in [1.165, 1.54) is 11.8 Å². The molecule has 2 saturated heterocycles. The number of carboxylic acid groups (broad SMARTS) is 1. The summed E-state index contributed by atoms with van der Waals surface area (Å²) in [6.07, 6.45) is 2.63. The number of carbonyl (C=O) groups excluding carboxylic acids is 2. The highest BCUT2D eigenvalue weighted by Crippen LogP contribution is 2.50. The highest BCUT2D eigenvalue weighted by molar-refractivity contribution is 7.99. The Morgan fingerprint density at radius 3 is 2.77 bits per heavy atom. The summed E-state index contributed by atoms with van der Waals surface area (Å²) >= 11 is 1.54. The fourth-order valence-electron chi connectivity index (χ4n) is 4.04. The molecule has 2 amide bonds. The Kier molecular flexibility index (Phi) is 4.10. The van der Waals surface area contributed by atoms with Gasteiger partial charge < -0.3 is 14.7 Å². The number of β-lactam (4-membered cyclic amide) rings is 1. The van der Waals surface area contributed by atoms with Gasteiger partial charge in [0.2, 0.25) is 11.8 Å². The highest BCUT2D eigenvalue weighted by Gasteiger charge is 2.63. The predicted molar refractivity (Wildman–Crippen MR) is 91.0 cm³/mol. The number of rotatable bonds is 4. The molecule has 3 aliphatic rings. The van der Waals surface area contributed by atoms with Gasteiger partial charge in [-0.15, -0.1) is 11.8 Å². The Labute approximate surface area is 153 Å². The lowest BCUT2D eigenvalue weighted by molar-refractivity contribution is -0.169. The number of amides is 2. The van der Waals surface area contributed by atoms with E-state index in [-0.39, 0.29) is 29.7 Å². The molecule has 1 N–H and O–H groups in total. The number of ether oxygens (including phenoxy) is 1. The smallest absolute Gasteiger partial charge is 0.449 e. The van der Waals surface area contributed by atoms with Crippen molar-refractivity contribution in [2.75, 3.05) is 12.3 Å². The van der Waals surface area contributed by atoms with Gasteiger partial charge in [-0.25, -0.2) is 4.79 Å². The summed E-state index contributed by atoms with van der Waals surface area (Å²) in [7, 11) is 0. The summed E-state index contributed by atoms with van der Waals surface area (Å²) in [5.74, 6) is 0.249. The van der Waals surface area contributed by atoms with Crippen molar-refractivity contribution in [3.8, 4) is 0 Å². The Morgan fingerprint density at radius 2 is 2.12 bits per heavy atom. The average Bonchev–Trinajstić information content (AvgIpc) is 2.90. The number of thioether (sulfide) groups is 1. The van der Waals surface area contributed by atoms with Gasteiger partial charge in [0.1, 0.15) is 6.04 Å². The SMILES string of the molecule is CC(=O)N1CCC2C(CSc3ccncc3)=C(OC(=O)O)N3C(=O)[C@@H]1[C@@H]23. The van der Waals surface area contributed by atoms with Crippen molar-refractivity contribution in [3.63, 3.8) is 0 Å². The maximum atomic E-state index is 12.6. The number of carbonyl (C=O) groups is 3. The Bertz CT molecular complexity index is 812. The first-order valence-corrected chi connectivity index (χ1v) is 9.24. The van der Waals surface area contributed by atoms with Gasteiger partial charge >= 0.3 is 6.16 Å². The minimum absolute atomic E-state index is 0.0111. The summed E-state index contributed by atoms with van der Waals surface area (Å²) in [5, 5.41) is 9.10. The van der Waals surface area contributed by atoms with E-state index in [9.17, 15) is 14.4 Å². The molecule has 136 valence electrons. The zero-order chi connectivity index (χ0) is 18.4. The van der Waals surface area contributed by atoms with Crippen LogP contribution in [0.5, 0.6) is 0 Å². The minimum Gasteiger partial charge on any atom is -0.449 e. The van der Waals surface area contributed by atoms with Crippen molar-refractivity contribution in [1.29, 1.82) is 0 Å². The number of hydrogen-bond donors (Lipinski definition) is 1. The third-order valence-electron chi connectivity index (χ3n) is 5.11. The number of aromatic nitrogens is 1. The lowest BCUT2D eigenvalue weighted by Gasteiger charge is -2.52. The van der Waals surface area contributed by atoms with Crippen LogP contribution in [0.1, 0.15) is 13.3 Å². The van der Waals surface area contributed by atoms with Crippen molar-refractivity contribution in [3.05, 3.63) is 36.0 Å². The molecule has 0 spiro atoms. The van der Waals surface area contributed by atoms with Crippen molar-refractivity contribution in [2.45, 2.75) is 30.3 Å². The first-order valence-electron chi connectivity index (χ1n) is 8.26. The van der Waals surface area contributed by atoms with Crippen LogP contribution in [0.3, 0.4) is 0 Å². The van der Waals surface area contributed by atoms with Gasteiger partial charge in [-0.1, -0.05) is 0 Å². The largest absolute Gasteiger partial charge is 0.512 e. The molecule has 0 radical (unpaired) electrons. The summed E-state index contributed by atoms with van der Waals surface area (Å²) < 4.78 is 4.99. The van der Waals surface area contributed by atoms with Gasteiger partial charge in [0.25, 0.3) is 5.91 Å². The van der Waals surface area contributed by atoms with Gasteiger partial charge in [-0.2, -0.15) is 0 Å². The lowest BCUT2D eigenvalue weighted by Crippen LogP contribution is -2.73. The fraction of sp³-hybridized carbons (Fsp3) is 0.412. The van der Waals surface area contributed by atoms with Gasteiger partial charge in [0.05, 0.1) is 6.04 Å². The van der Waals surface area contributed by atoms with E-state index in [1.807, 2.05) is 12.1 Å². The fourth-order valence-corrected chi connectivity index (χ4v) is 5.02. The molecule has 1 unspecified atom stereocenters. The van der Waals surface area contributed by atoms with Gasteiger partial charge in [0, 0.05) is 48.0 Å². The molecule has 0 bridgehead atoms. The zero-order valence-electron chi connectivity index (χ0n) is 14.0. The van der Waals surface area contributed by atoms with Crippen LogP contribution >= 0.6 is 11.8 Å². The van der Waals surface area contributed by atoms with Gasteiger partial charge in [-0.05, 0) is 18.6 Å². The summed E-state index contributed by atoms with van der Waals surface area (Å²) in [5.41, 5.74) is 0.818. The molecule has 0 saturated carbocycles.